The smallest absolute Gasteiger partial charge is 0.351 e. The summed E-state index contributed by atoms with van der Waals surface area (Å²) >= 11 is 0. The molecule has 7 heteroatoms. The van der Waals surface area contributed by atoms with Gasteiger partial charge in [-0.2, -0.15) is 4.98 Å². The van der Waals surface area contributed by atoms with Crippen LogP contribution in [-0.2, 0) is 9.47 Å². The molecule has 1 saturated heterocycles. The van der Waals surface area contributed by atoms with E-state index in [-0.39, 0.29) is 24.6 Å². The van der Waals surface area contributed by atoms with Crippen molar-refractivity contribution in [3.63, 3.8) is 0 Å². The molecule has 2 rings (SSSR count). The molecule has 0 amide bonds. The molecule has 0 aliphatic carbocycles. The minimum Gasteiger partial charge on any atom is -0.394 e. The Morgan fingerprint density at radius 2 is 2.53 bits per heavy atom. The molecule has 3 atom stereocenters. The normalized spacial score (nSPS) is 28.5. The van der Waals surface area contributed by atoms with Gasteiger partial charge in [0.1, 0.15) is 11.9 Å². The summed E-state index contributed by atoms with van der Waals surface area (Å²) in [4.78, 5) is 15.3. The molecule has 17 heavy (non-hydrogen) atoms. The van der Waals surface area contributed by atoms with E-state index in [1.807, 2.05) is 0 Å². The molecular formula is C10H15N3O4. The van der Waals surface area contributed by atoms with Crippen LogP contribution < -0.4 is 11.4 Å². The van der Waals surface area contributed by atoms with Gasteiger partial charge < -0.3 is 20.3 Å². The van der Waals surface area contributed by atoms with Crippen LogP contribution in [0.15, 0.2) is 17.1 Å². The lowest BCUT2D eigenvalue weighted by Gasteiger charge is -2.19. The largest absolute Gasteiger partial charge is 0.394 e. The Labute approximate surface area is 97.8 Å². The molecule has 0 aromatic carbocycles. The van der Waals surface area contributed by atoms with Crippen molar-refractivity contribution in [2.45, 2.75) is 24.9 Å². The van der Waals surface area contributed by atoms with Gasteiger partial charge in [0.2, 0.25) is 0 Å². The number of methoxy groups -OCH3 is 1. The first-order valence-electron chi connectivity index (χ1n) is 5.29. The number of hydrogen-bond donors (Lipinski definition) is 2. The van der Waals surface area contributed by atoms with Crippen molar-refractivity contribution in [1.29, 1.82) is 0 Å². The first-order chi connectivity index (χ1) is 8.15. The zero-order valence-corrected chi connectivity index (χ0v) is 9.44. The van der Waals surface area contributed by atoms with Crippen molar-refractivity contribution < 1.29 is 14.6 Å². The van der Waals surface area contributed by atoms with Gasteiger partial charge in [0, 0.05) is 19.7 Å². The van der Waals surface area contributed by atoms with E-state index in [1.54, 1.807) is 0 Å². The lowest BCUT2D eigenvalue weighted by molar-refractivity contribution is -0.0624. The Hall–Kier alpha value is -1.44. The maximum absolute atomic E-state index is 11.7. The highest BCUT2D eigenvalue weighted by molar-refractivity contribution is 5.23. The molecule has 0 radical (unpaired) electrons. The number of ether oxygens (including phenoxy) is 2. The van der Waals surface area contributed by atoms with Crippen LogP contribution in [0, 0.1) is 0 Å². The molecule has 0 bridgehead atoms. The SMILES string of the molecule is CO[C@@H]1C[C@@H](CO)OC1n1ccc(N)nc1=O. The van der Waals surface area contributed by atoms with Gasteiger partial charge in [0.15, 0.2) is 6.23 Å². The van der Waals surface area contributed by atoms with Gasteiger partial charge in [0.25, 0.3) is 0 Å². The number of nitrogen functional groups attached to an aromatic ring is 1. The molecule has 1 unspecified atom stereocenters. The number of aliphatic hydroxyl groups excluding tert-OH is 1. The number of aromatic nitrogens is 2. The summed E-state index contributed by atoms with van der Waals surface area (Å²) in [5.41, 5.74) is 4.92. The van der Waals surface area contributed by atoms with E-state index in [0.717, 1.165) is 0 Å². The fourth-order valence-corrected chi connectivity index (χ4v) is 1.91. The quantitative estimate of drug-likeness (QED) is 0.713. The summed E-state index contributed by atoms with van der Waals surface area (Å²) in [6, 6.07) is 1.52. The van der Waals surface area contributed by atoms with Crippen molar-refractivity contribution in [3.05, 3.63) is 22.7 Å². The van der Waals surface area contributed by atoms with Gasteiger partial charge in [0.05, 0.1) is 12.7 Å². The summed E-state index contributed by atoms with van der Waals surface area (Å²) in [5, 5.41) is 9.05. The molecule has 1 fully saturated rings. The minimum absolute atomic E-state index is 0.104. The Balaban J connectivity index is 2.29. The zero-order valence-electron chi connectivity index (χ0n) is 9.44. The van der Waals surface area contributed by atoms with Crippen LogP contribution in [0.3, 0.4) is 0 Å². The van der Waals surface area contributed by atoms with E-state index in [0.29, 0.717) is 6.42 Å². The van der Waals surface area contributed by atoms with Crippen LogP contribution in [0.5, 0.6) is 0 Å². The summed E-state index contributed by atoms with van der Waals surface area (Å²) in [6.45, 7) is -0.104. The zero-order chi connectivity index (χ0) is 12.4. The second-order valence-electron chi connectivity index (χ2n) is 3.88. The number of rotatable bonds is 3. The maximum atomic E-state index is 11.7. The summed E-state index contributed by atoms with van der Waals surface area (Å²) < 4.78 is 12.1. The molecule has 0 saturated carbocycles. The van der Waals surface area contributed by atoms with Crippen LogP contribution in [0.4, 0.5) is 5.82 Å². The number of aliphatic hydroxyl groups is 1. The lowest BCUT2D eigenvalue weighted by atomic mass is 10.2. The molecule has 1 aromatic rings. The molecule has 3 N–H and O–H groups in total. The molecule has 94 valence electrons. The van der Waals surface area contributed by atoms with Gasteiger partial charge in [-0.3, -0.25) is 4.57 Å². The van der Waals surface area contributed by atoms with E-state index in [2.05, 4.69) is 4.98 Å². The average Bonchev–Trinajstić information content (AvgIpc) is 2.72. The van der Waals surface area contributed by atoms with Gasteiger partial charge in [-0.1, -0.05) is 0 Å². The third-order valence-corrected chi connectivity index (χ3v) is 2.78. The first-order valence-corrected chi connectivity index (χ1v) is 5.29. The molecule has 1 aliphatic heterocycles. The van der Waals surface area contributed by atoms with E-state index in [4.69, 9.17) is 20.3 Å². The van der Waals surface area contributed by atoms with Crippen LogP contribution in [-0.4, -0.2) is 40.6 Å². The van der Waals surface area contributed by atoms with E-state index in [1.165, 1.54) is 23.9 Å². The second kappa shape index (κ2) is 4.82. The van der Waals surface area contributed by atoms with Crippen LogP contribution in [0.2, 0.25) is 0 Å². The van der Waals surface area contributed by atoms with Crippen molar-refractivity contribution in [3.8, 4) is 0 Å². The second-order valence-corrected chi connectivity index (χ2v) is 3.88. The van der Waals surface area contributed by atoms with Crippen LogP contribution >= 0.6 is 0 Å². The molecule has 1 aromatic heterocycles. The van der Waals surface area contributed by atoms with E-state index in [9.17, 15) is 4.79 Å². The predicted molar refractivity (Wildman–Crippen MR) is 59.3 cm³/mol. The van der Waals surface area contributed by atoms with E-state index < -0.39 is 11.9 Å². The maximum Gasteiger partial charge on any atom is 0.351 e. The molecule has 1 aliphatic rings. The lowest BCUT2D eigenvalue weighted by Crippen LogP contribution is -2.32. The summed E-state index contributed by atoms with van der Waals surface area (Å²) in [7, 11) is 1.54. The van der Waals surface area contributed by atoms with Crippen LogP contribution in [0.25, 0.3) is 0 Å². The Kier molecular flexibility index (Phi) is 3.41. The number of anilines is 1. The van der Waals surface area contributed by atoms with E-state index >= 15 is 0 Å². The van der Waals surface area contributed by atoms with Crippen molar-refractivity contribution in [2.24, 2.45) is 0 Å². The fraction of sp³-hybridized carbons (Fsp3) is 0.600. The fourth-order valence-electron chi connectivity index (χ4n) is 1.91. The minimum atomic E-state index is -0.572. The average molecular weight is 241 g/mol. The highest BCUT2D eigenvalue weighted by Crippen LogP contribution is 2.29. The van der Waals surface area contributed by atoms with Crippen molar-refractivity contribution in [2.75, 3.05) is 19.5 Å². The Morgan fingerprint density at radius 3 is 3.12 bits per heavy atom. The topological polar surface area (TPSA) is 99.6 Å². The Bertz CT molecular complexity index is 447. The van der Waals surface area contributed by atoms with Gasteiger partial charge in [-0.25, -0.2) is 4.79 Å². The van der Waals surface area contributed by atoms with Gasteiger partial charge in [-0.15, -0.1) is 0 Å². The number of nitrogens with two attached hydrogens (primary N) is 1. The number of nitrogens with zero attached hydrogens (tertiary/aromatic N) is 2. The van der Waals surface area contributed by atoms with Crippen molar-refractivity contribution >= 4 is 5.82 Å². The third kappa shape index (κ3) is 2.31. The number of hydrogen-bond acceptors (Lipinski definition) is 6. The van der Waals surface area contributed by atoms with Gasteiger partial charge in [-0.05, 0) is 6.07 Å². The molecular weight excluding hydrogens is 226 g/mol. The molecule has 2 heterocycles. The summed E-state index contributed by atoms with van der Waals surface area (Å²) in [5.74, 6) is 0.164. The van der Waals surface area contributed by atoms with Crippen molar-refractivity contribution in [1.82, 2.24) is 9.55 Å². The Morgan fingerprint density at radius 1 is 1.76 bits per heavy atom. The molecule has 7 nitrogen and oxygen atoms in total. The van der Waals surface area contributed by atoms with Crippen LogP contribution in [0.1, 0.15) is 12.6 Å². The third-order valence-electron chi connectivity index (χ3n) is 2.78. The van der Waals surface area contributed by atoms with Gasteiger partial charge >= 0.3 is 5.69 Å². The highest BCUT2D eigenvalue weighted by atomic mass is 16.6. The monoisotopic (exact) mass is 241 g/mol. The first kappa shape index (κ1) is 12.0. The highest BCUT2D eigenvalue weighted by Gasteiger charge is 2.36. The molecule has 0 spiro atoms. The standard InChI is InChI=1S/C10H15N3O4/c1-16-7-4-6(5-14)17-9(7)13-3-2-8(11)12-10(13)15/h2-3,6-7,9,14H,4-5H2,1H3,(H2,11,12,15)/t6-,7+,9?/m0/s1. The summed E-state index contributed by atoms with van der Waals surface area (Å²) in [6.07, 6.45) is 0.873. The predicted octanol–water partition coefficient (Wildman–Crippen LogP) is -0.880.